The summed E-state index contributed by atoms with van der Waals surface area (Å²) in [5.74, 6) is 5.77. The van der Waals surface area contributed by atoms with Crippen molar-refractivity contribution in [2.45, 2.75) is 55.4 Å². The van der Waals surface area contributed by atoms with Crippen molar-refractivity contribution in [3.8, 4) is 23.7 Å². The second kappa shape index (κ2) is 12.9. The fraction of sp³-hybridized carbons (Fsp3) is 0.414. The van der Waals surface area contributed by atoms with Gasteiger partial charge in [-0.25, -0.2) is 13.6 Å². The lowest BCUT2D eigenvalue weighted by Gasteiger charge is -2.33. The van der Waals surface area contributed by atoms with E-state index in [0.717, 1.165) is 31.4 Å². The average molecular weight is 603 g/mol. The quantitative estimate of drug-likeness (QED) is 0.308. The van der Waals surface area contributed by atoms with Crippen molar-refractivity contribution in [3.05, 3.63) is 48.2 Å². The minimum atomic E-state index is -4.45. The zero-order chi connectivity index (χ0) is 30.5. The van der Waals surface area contributed by atoms with Gasteiger partial charge in [-0.3, -0.25) is 0 Å². The molecule has 1 fully saturated rings. The van der Waals surface area contributed by atoms with Crippen molar-refractivity contribution >= 4 is 32.3 Å². The van der Waals surface area contributed by atoms with Crippen LogP contribution in [0.25, 0.3) is 10.9 Å². The van der Waals surface area contributed by atoms with Crippen LogP contribution in [-0.4, -0.2) is 63.4 Å². The summed E-state index contributed by atoms with van der Waals surface area (Å²) in [4.78, 5) is 2.03. The smallest absolute Gasteiger partial charge is 0.406 e. The molecule has 1 heterocycles. The maximum absolute atomic E-state index is 13.6. The first-order chi connectivity index (χ1) is 19.9. The molecule has 3 aromatic rings. The minimum absolute atomic E-state index is 0.00536. The molecular formula is C29H33F3N6O3S. The van der Waals surface area contributed by atoms with Gasteiger partial charge in [0.1, 0.15) is 18.4 Å². The maximum Gasteiger partial charge on any atom is 0.406 e. The van der Waals surface area contributed by atoms with Crippen LogP contribution in [0.3, 0.4) is 0 Å². The Balaban J connectivity index is 1.58. The molecule has 4 N–H and O–H groups in total. The third-order valence-corrected chi connectivity index (χ3v) is 8.14. The number of primary sulfonamides is 1. The molecule has 0 radical (unpaired) electrons. The summed E-state index contributed by atoms with van der Waals surface area (Å²) in [6.45, 7) is -1.52. The number of halogens is 3. The summed E-state index contributed by atoms with van der Waals surface area (Å²) in [6, 6.07) is 13.4. The standard InChI is InChI=1S/C29H33F3N6O3S/c1-37(2)21-10-8-20(9-11-21)36-25-6-3-7-27-24(25)17-22(38(27)19-29(30,31)32)5-4-15-35-26-13-12-23(42(34,39)40)18-28(26)41-16-14-33/h3,6-7,12-13,17-18,20-21,35-36H,8-11,15-16,19H2,1-2H3,(H2,34,39,40)/t20-,21+. The third kappa shape index (κ3) is 7.88. The van der Waals surface area contributed by atoms with Crippen LogP contribution in [0.5, 0.6) is 5.75 Å². The molecule has 13 heteroatoms. The Morgan fingerprint density at radius 1 is 1.12 bits per heavy atom. The Labute approximate surface area is 243 Å². The Hall–Kier alpha value is -3.91. The predicted molar refractivity (Wildman–Crippen MR) is 156 cm³/mol. The average Bonchev–Trinajstić information content (AvgIpc) is 3.26. The Kier molecular flexibility index (Phi) is 9.57. The molecule has 1 saturated carbocycles. The Bertz CT molecular complexity index is 1630. The zero-order valence-electron chi connectivity index (χ0n) is 23.3. The topological polar surface area (TPSA) is 125 Å². The highest BCUT2D eigenvalue weighted by molar-refractivity contribution is 7.89. The lowest BCUT2D eigenvalue weighted by molar-refractivity contribution is -0.140. The van der Waals surface area contributed by atoms with Gasteiger partial charge in [0.05, 0.1) is 28.3 Å². The fourth-order valence-electron chi connectivity index (χ4n) is 5.15. The van der Waals surface area contributed by atoms with Crippen molar-refractivity contribution < 1.29 is 26.3 Å². The van der Waals surface area contributed by atoms with Gasteiger partial charge in [-0.2, -0.15) is 18.4 Å². The number of hydrogen-bond donors (Lipinski definition) is 3. The van der Waals surface area contributed by atoms with Crippen LogP contribution in [0.1, 0.15) is 31.4 Å². The number of nitrogens with one attached hydrogen (secondary N) is 2. The molecule has 0 aliphatic heterocycles. The molecule has 42 heavy (non-hydrogen) atoms. The van der Waals surface area contributed by atoms with Crippen LogP contribution in [-0.2, 0) is 16.6 Å². The molecule has 2 aromatic carbocycles. The molecule has 9 nitrogen and oxygen atoms in total. The van der Waals surface area contributed by atoms with E-state index in [9.17, 15) is 21.6 Å². The van der Waals surface area contributed by atoms with Gasteiger partial charge in [-0.15, -0.1) is 0 Å². The largest absolute Gasteiger partial charge is 0.477 e. The van der Waals surface area contributed by atoms with Crippen LogP contribution in [0.15, 0.2) is 47.4 Å². The molecule has 4 rings (SSSR count). The molecule has 0 bridgehead atoms. The molecule has 1 aliphatic rings. The van der Waals surface area contributed by atoms with Crippen LogP contribution in [0, 0.1) is 23.2 Å². The van der Waals surface area contributed by atoms with E-state index < -0.39 is 22.7 Å². The summed E-state index contributed by atoms with van der Waals surface area (Å²) in [5, 5.41) is 21.2. The van der Waals surface area contributed by atoms with Gasteiger partial charge < -0.3 is 24.8 Å². The van der Waals surface area contributed by atoms with Crippen LogP contribution in [0.2, 0.25) is 0 Å². The molecular weight excluding hydrogens is 569 g/mol. The van der Waals surface area contributed by atoms with E-state index in [4.69, 9.17) is 15.1 Å². The van der Waals surface area contributed by atoms with Gasteiger partial charge in [-0.1, -0.05) is 12.0 Å². The van der Waals surface area contributed by atoms with E-state index in [0.29, 0.717) is 22.6 Å². The van der Waals surface area contributed by atoms with Gasteiger partial charge in [0.2, 0.25) is 10.0 Å². The second-order valence-electron chi connectivity index (χ2n) is 10.4. The molecule has 1 aliphatic carbocycles. The number of ether oxygens (including phenoxy) is 1. The number of alkyl halides is 3. The molecule has 0 unspecified atom stereocenters. The number of fused-ring (bicyclic) bond motifs is 1. The number of nitriles is 1. The van der Waals surface area contributed by atoms with Gasteiger partial charge in [-0.05, 0) is 76.0 Å². The van der Waals surface area contributed by atoms with E-state index in [-0.39, 0.29) is 35.5 Å². The lowest BCUT2D eigenvalue weighted by Crippen LogP contribution is -2.36. The number of nitrogens with two attached hydrogens (primary N) is 1. The van der Waals surface area contributed by atoms with Gasteiger partial charge in [0.15, 0.2) is 6.61 Å². The van der Waals surface area contributed by atoms with Gasteiger partial charge in [0, 0.05) is 29.2 Å². The lowest BCUT2D eigenvalue weighted by atomic mass is 9.90. The number of benzene rings is 2. The number of rotatable bonds is 9. The number of hydrogen-bond acceptors (Lipinski definition) is 7. The molecule has 0 amide bonds. The van der Waals surface area contributed by atoms with Crippen molar-refractivity contribution in [2.75, 3.05) is 37.9 Å². The number of anilines is 2. The summed E-state index contributed by atoms with van der Waals surface area (Å²) in [7, 11) is 0.151. The van der Waals surface area contributed by atoms with Crippen molar-refractivity contribution in [1.29, 1.82) is 5.26 Å². The summed E-state index contributed by atoms with van der Waals surface area (Å²) < 4.78 is 70.6. The highest BCUT2D eigenvalue weighted by atomic mass is 32.2. The van der Waals surface area contributed by atoms with E-state index in [1.54, 1.807) is 24.3 Å². The van der Waals surface area contributed by atoms with Crippen molar-refractivity contribution in [3.63, 3.8) is 0 Å². The highest BCUT2D eigenvalue weighted by Gasteiger charge is 2.30. The summed E-state index contributed by atoms with van der Waals surface area (Å²) in [6.07, 6.45) is -0.411. The van der Waals surface area contributed by atoms with Crippen molar-refractivity contribution in [2.24, 2.45) is 5.14 Å². The fourth-order valence-corrected chi connectivity index (χ4v) is 5.68. The Morgan fingerprint density at radius 3 is 2.50 bits per heavy atom. The predicted octanol–water partition coefficient (Wildman–Crippen LogP) is 4.50. The number of sulfonamides is 1. The molecule has 0 spiro atoms. The van der Waals surface area contributed by atoms with E-state index in [2.05, 4.69) is 41.5 Å². The first-order valence-electron chi connectivity index (χ1n) is 13.4. The summed E-state index contributed by atoms with van der Waals surface area (Å²) in [5.41, 5.74) is 1.76. The molecule has 0 saturated heterocycles. The van der Waals surface area contributed by atoms with Crippen molar-refractivity contribution in [1.82, 2.24) is 9.47 Å². The zero-order valence-corrected chi connectivity index (χ0v) is 24.1. The van der Waals surface area contributed by atoms with Gasteiger partial charge in [0.25, 0.3) is 0 Å². The Morgan fingerprint density at radius 2 is 1.86 bits per heavy atom. The second-order valence-corrected chi connectivity index (χ2v) is 11.9. The van der Waals surface area contributed by atoms with Gasteiger partial charge >= 0.3 is 6.18 Å². The first kappa shape index (κ1) is 31.0. The molecule has 224 valence electrons. The third-order valence-electron chi connectivity index (χ3n) is 7.23. The minimum Gasteiger partial charge on any atom is -0.477 e. The van der Waals surface area contributed by atoms with Crippen LogP contribution in [0.4, 0.5) is 24.5 Å². The number of nitrogens with zero attached hydrogens (tertiary/aromatic N) is 3. The first-order valence-corrected chi connectivity index (χ1v) is 14.9. The molecule has 0 atom stereocenters. The SMILES string of the molecule is CN(C)[C@H]1CC[C@@H](Nc2cccc3c2cc(C#CCNc2ccc(S(N)(=O)=O)cc2OCC#N)n3CC(F)(F)F)CC1. The number of aromatic nitrogens is 1. The highest BCUT2D eigenvalue weighted by Crippen LogP contribution is 2.33. The normalized spacial score (nSPS) is 17.4. The van der Waals surface area contributed by atoms with Crippen LogP contribution >= 0.6 is 0 Å². The van der Waals surface area contributed by atoms with E-state index >= 15 is 0 Å². The maximum atomic E-state index is 13.6. The monoisotopic (exact) mass is 602 g/mol. The van der Waals surface area contributed by atoms with Crippen LogP contribution < -0.4 is 20.5 Å². The van der Waals surface area contributed by atoms with E-state index in [1.807, 2.05) is 6.07 Å². The summed E-state index contributed by atoms with van der Waals surface area (Å²) >= 11 is 0. The van der Waals surface area contributed by atoms with E-state index in [1.165, 1.54) is 22.8 Å². The molecule has 1 aromatic heterocycles.